The molecule has 0 saturated heterocycles. The summed E-state index contributed by atoms with van der Waals surface area (Å²) in [5.41, 5.74) is 8.95. The molecule has 0 bridgehead atoms. The van der Waals surface area contributed by atoms with Crippen LogP contribution in [0.1, 0.15) is 25.2 Å². The summed E-state index contributed by atoms with van der Waals surface area (Å²) in [7, 11) is 0. The van der Waals surface area contributed by atoms with E-state index in [0.717, 1.165) is 22.4 Å². The molecule has 114 valence electrons. The molecule has 0 aliphatic carbocycles. The van der Waals surface area contributed by atoms with Gasteiger partial charge in [-0.1, -0.05) is 24.3 Å². The monoisotopic (exact) mass is 297 g/mol. The van der Waals surface area contributed by atoms with E-state index < -0.39 is 0 Å². The van der Waals surface area contributed by atoms with Crippen LogP contribution in [0.3, 0.4) is 0 Å². The SMILES string of the molecule is CC(C)(N)Cn1c(Cc2ccc(F)cc2)nc2ccccc21. The topological polar surface area (TPSA) is 43.8 Å². The highest BCUT2D eigenvalue weighted by atomic mass is 19.1. The van der Waals surface area contributed by atoms with Crippen LogP contribution in [0.25, 0.3) is 11.0 Å². The Bertz CT molecular complexity index is 782. The molecule has 0 unspecified atom stereocenters. The molecule has 2 N–H and O–H groups in total. The molecule has 0 amide bonds. The highest BCUT2D eigenvalue weighted by Crippen LogP contribution is 2.20. The second kappa shape index (κ2) is 5.54. The van der Waals surface area contributed by atoms with Crippen LogP contribution in [0.15, 0.2) is 48.5 Å². The number of rotatable bonds is 4. The Labute approximate surface area is 129 Å². The van der Waals surface area contributed by atoms with Crippen molar-refractivity contribution in [3.05, 3.63) is 65.7 Å². The van der Waals surface area contributed by atoms with E-state index in [1.165, 1.54) is 12.1 Å². The van der Waals surface area contributed by atoms with Crippen molar-refractivity contribution in [1.29, 1.82) is 0 Å². The maximum Gasteiger partial charge on any atom is 0.123 e. The molecule has 2 aromatic carbocycles. The van der Waals surface area contributed by atoms with Gasteiger partial charge in [0.15, 0.2) is 0 Å². The molecular weight excluding hydrogens is 277 g/mol. The van der Waals surface area contributed by atoms with Gasteiger partial charge in [0, 0.05) is 18.5 Å². The van der Waals surface area contributed by atoms with Gasteiger partial charge in [0.05, 0.1) is 11.0 Å². The Morgan fingerprint density at radius 3 is 2.45 bits per heavy atom. The van der Waals surface area contributed by atoms with E-state index in [0.29, 0.717) is 13.0 Å². The van der Waals surface area contributed by atoms with Gasteiger partial charge in [0.1, 0.15) is 11.6 Å². The summed E-state index contributed by atoms with van der Waals surface area (Å²) in [5.74, 6) is 0.728. The smallest absolute Gasteiger partial charge is 0.123 e. The second-order valence-electron chi connectivity index (χ2n) is 6.39. The lowest BCUT2D eigenvalue weighted by molar-refractivity contribution is 0.433. The van der Waals surface area contributed by atoms with Crippen LogP contribution in [-0.2, 0) is 13.0 Å². The molecule has 3 aromatic rings. The third kappa shape index (κ3) is 3.17. The summed E-state index contributed by atoms with van der Waals surface area (Å²) in [4.78, 5) is 4.73. The van der Waals surface area contributed by atoms with Crippen LogP contribution < -0.4 is 5.73 Å². The molecule has 0 aliphatic rings. The molecule has 1 aromatic heterocycles. The number of benzene rings is 2. The third-order valence-electron chi connectivity index (χ3n) is 3.57. The third-order valence-corrected chi connectivity index (χ3v) is 3.57. The van der Waals surface area contributed by atoms with Gasteiger partial charge >= 0.3 is 0 Å². The van der Waals surface area contributed by atoms with E-state index in [9.17, 15) is 4.39 Å². The first-order chi connectivity index (χ1) is 10.4. The van der Waals surface area contributed by atoms with Crippen LogP contribution in [-0.4, -0.2) is 15.1 Å². The Hall–Kier alpha value is -2.20. The Morgan fingerprint density at radius 1 is 1.09 bits per heavy atom. The number of halogens is 1. The minimum Gasteiger partial charge on any atom is -0.326 e. The van der Waals surface area contributed by atoms with E-state index in [1.807, 2.05) is 32.0 Å². The van der Waals surface area contributed by atoms with Gasteiger partial charge in [-0.3, -0.25) is 0 Å². The van der Waals surface area contributed by atoms with Gasteiger partial charge in [-0.15, -0.1) is 0 Å². The molecule has 0 aliphatic heterocycles. The molecule has 3 nitrogen and oxygen atoms in total. The van der Waals surface area contributed by atoms with E-state index in [2.05, 4.69) is 10.6 Å². The highest BCUT2D eigenvalue weighted by Gasteiger charge is 2.17. The molecular formula is C18H20FN3. The average molecular weight is 297 g/mol. The predicted molar refractivity (Wildman–Crippen MR) is 87.2 cm³/mol. The van der Waals surface area contributed by atoms with E-state index in [4.69, 9.17) is 10.7 Å². The molecule has 4 heteroatoms. The quantitative estimate of drug-likeness (QED) is 0.801. The van der Waals surface area contributed by atoms with E-state index in [-0.39, 0.29) is 11.4 Å². The fourth-order valence-electron chi connectivity index (χ4n) is 2.63. The van der Waals surface area contributed by atoms with Gasteiger partial charge in [0.25, 0.3) is 0 Å². The van der Waals surface area contributed by atoms with Gasteiger partial charge < -0.3 is 10.3 Å². The van der Waals surface area contributed by atoms with Gasteiger partial charge in [-0.25, -0.2) is 9.37 Å². The van der Waals surface area contributed by atoms with Crippen molar-refractivity contribution in [3.8, 4) is 0 Å². The van der Waals surface area contributed by atoms with Crippen molar-refractivity contribution in [2.45, 2.75) is 32.4 Å². The van der Waals surface area contributed by atoms with Crippen LogP contribution in [0.2, 0.25) is 0 Å². The van der Waals surface area contributed by atoms with Crippen molar-refractivity contribution in [2.24, 2.45) is 5.73 Å². The first-order valence-electron chi connectivity index (χ1n) is 7.40. The normalized spacial score (nSPS) is 12.0. The summed E-state index contributed by atoms with van der Waals surface area (Å²) in [6.45, 7) is 4.69. The van der Waals surface area contributed by atoms with Crippen LogP contribution >= 0.6 is 0 Å². The molecule has 0 saturated carbocycles. The fraction of sp³-hybridized carbons (Fsp3) is 0.278. The highest BCUT2D eigenvalue weighted by molar-refractivity contribution is 5.76. The largest absolute Gasteiger partial charge is 0.326 e. The maximum absolute atomic E-state index is 13.1. The lowest BCUT2D eigenvalue weighted by atomic mass is 10.1. The molecule has 0 atom stereocenters. The van der Waals surface area contributed by atoms with Crippen molar-refractivity contribution in [3.63, 3.8) is 0 Å². The van der Waals surface area contributed by atoms with E-state index >= 15 is 0 Å². The lowest BCUT2D eigenvalue weighted by Crippen LogP contribution is -2.37. The number of para-hydroxylation sites is 2. The van der Waals surface area contributed by atoms with Crippen molar-refractivity contribution in [1.82, 2.24) is 9.55 Å². The average Bonchev–Trinajstić information content (AvgIpc) is 2.78. The first-order valence-corrected chi connectivity index (χ1v) is 7.40. The minimum atomic E-state index is -0.332. The number of nitrogens with two attached hydrogens (primary N) is 1. The summed E-state index contributed by atoms with van der Waals surface area (Å²) in [5, 5.41) is 0. The fourth-order valence-corrected chi connectivity index (χ4v) is 2.63. The molecule has 0 fully saturated rings. The summed E-state index contributed by atoms with van der Waals surface area (Å²) in [6, 6.07) is 14.6. The van der Waals surface area contributed by atoms with Gasteiger partial charge in [0.2, 0.25) is 0 Å². The van der Waals surface area contributed by atoms with Crippen molar-refractivity contribution < 1.29 is 4.39 Å². The number of hydrogen-bond donors (Lipinski definition) is 1. The molecule has 0 spiro atoms. The molecule has 22 heavy (non-hydrogen) atoms. The van der Waals surface area contributed by atoms with Gasteiger partial charge in [-0.05, 0) is 43.7 Å². The summed E-state index contributed by atoms with van der Waals surface area (Å²) >= 11 is 0. The predicted octanol–water partition coefficient (Wildman–Crippen LogP) is 3.50. The number of aromatic nitrogens is 2. The Kier molecular flexibility index (Phi) is 3.71. The Balaban J connectivity index is 2.03. The Morgan fingerprint density at radius 2 is 1.77 bits per heavy atom. The molecule has 0 radical (unpaired) electrons. The van der Waals surface area contributed by atoms with E-state index in [1.54, 1.807) is 12.1 Å². The minimum absolute atomic E-state index is 0.222. The van der Waals surface area contributed by atoms with Crippen molar-refractivity contribution >= 4 is 11.0 Å². The molecule has 1 heterocycles. The number of imidazole rings is 1. The molecule has 3 rings (SSSR count). The van der Waals surface area contributed by atoms with Crippen molar-refractivity contribution in [2.75, 3.05) is 0 Å². The van der Waals surface area contributed by atoms with Crippen LogP contribution in [0.4, 0.5) is 4.39 Å². The second-order valence-corrected chi connectivity index (χ2v) is 6.39. The van der Waals surface area contributed by atoms with Gasteiger partial charge in [-0.2, -0.15) is 0 Å². The number of nitrogens with zero attached hydrogens (tertiary/aromatic N) is 2. The summed E-state index contributed by atoms with van der Waals surface area (Å²) in [6.07, 6.45) is 0.658. The number of fused-ring (bicyclic) bond motifs is 1. The number of hydrogen-bond acceptors (Lipinski definition) is 2. The maximum atomic E-state index is 13.1. The zero-order valence-corrected chi connectivity index (χ0v) is 12.9. The van der Waals surface area contributed by atoms with Crippen LogP contribution in [0, 0.1) is 5.82 Å². The first kappa shape index (κ1) is 14.7. The zero-order valence-electron chi connectivity index (χ0n) is 12.9. The lowest BCUT2D eigenvalue weighted by Gasteiger charge is -2.21. The van der Waals surface area contributed by atoms with Crippen LogP contribution in [0.5, 0.6) is 0 Å². The zero-order chi connectivity index (χ0) is 15.7. The standard InChI is InChI=1S/C18H20FN3/c1-18(2,20)12-22-16-6-4-3-5-15(16)21-17(22)11-13-7-9-14(19)10-8-13/h3-10H,11-12,20H2,1-2H3. The summed E-state index contributed by atoms with van der Waals surface area (Å²) < 4.78 is 15.2.